The summed E-state index contributed by atoms with van der Waals surface area (Å²) in [5.41, 5.74) is -0.300. The molecule has 2 rings (SSSR count). The number of pyridine rings is 1. The van der Waals surface area contributed by atoms with E-state index >= 15 is 0 Å². The van der Waals surface area contributed by atoms with Crippen molar-refractivity contribution in [1.82, 2.24) is 10.3 Å². The third-order valence-electron chi connectivity index (χ3n) is 2.53. The minimum atomic E-state index is -2.68. The molecule has 0 saturated carbocycles. The zero-order valence-electron chi connectivity index (χ0n) is 9.03. The molecule has 1 aliphatic rings. The molecule has 92 valence electrons. The van der Waals surface area contributed by atoms with E-state index in [1.165, 1.54) is 12.3 Å². The predicted octanol–water partition coefficient (Wildman–Crippen LogP) is 1.54. The van der Waals surface area contributed by atoms with Crippen LogP contribution < -0.4 is 5.32 Å². The van der Waals surface area contributed by atoms with Crippen LogP contribution in [0.2, 0.25) is 0 Å². The number of ether oxygens (including phenoxy) is 1. The van der Waals surface area contributed by atoms with Gasteiger partial charge in [-0.25, -0.2) is 13.6 Å². The lowest BCUT2D eigenvalue weighted by Crippen LogP contribution is -2.21. The van der Waals surface area contributed by atoms with E-state index in [9.17, 15) is 13.6 Å². The third kappa shape index (κ3) is 2.97. The number of alkyl halides is 2. The second kappa shape index (κ2) is 5.18. The topological polar surface area (TPSA) is 51.2 Å². The Hall–Kier alpha value is -1.56. The lowest BCUT2D eigenvalue weighted by Gasteiger charge is -2.10. The van der Waals surface area contributed by atoms with Gasteiger partial charge in [0.15, 0.2) is 0 Å². The van der Waals surface area contributed by atoms with Crippen LogP contribution in [0.5, 0.6) is 0 Å². The highest BCUT2D eigenvalue weighted by atomic mass is 19.3. The fourth-order valence-corrected chi connectivity index (χ4v) is 1.64. The number of esters is 1. The maximum atomic E-state index is 12.4. The molecular weight excluding hydrogens is 230 g/mol. The Bertz CT molecular complexity index is 406. The number of aromatic nitrogens is 1. The van der Waals surface area contributed by atoms with Crippen molar-refractivity contribution < 1.29 is 18.3 Å². The third-order valence-corrected chi connectivity index (χ3v) is 2.53. The van der Waals surface area contributed by atoms with Crippen LogP contribution in [0.4, 0.5) is 8.78 Å². The highest BCUT2D eigenvalue weighted by molar-refractivity contribution is 5.89. The molecule has 0 aromatic carbocycles. The zero-order valence-corrected chi connectivity index (χ0v) is 9.03. The van der Waals surface area contributed by atoms with E-state index in [1.807, 2.05) is 0 Å². The van der Waals surface area contributed by atoms with Crippen LogP contribution in [0.15, 0.2) is 18.3 Å². The maximum absolute atomic E-state index is 12.4. The normalized spacial score (nSPS) is 19.6. The van der Waals surface area contributed by atoms with Gasteiger partial charge in [-0.1, -0.05) is 0 Å². The van der Waals surface area contributed by atoms with E-state index in [0.717, 1.165) is 19.0 Å². The van der Waals surface area contributed by atoms with Gasteiger partial charge in [0.1, 0.15) is 11.8 Å². The Morgan fingerprint density at radius 2 is 2.41 bits per heavy atom. The molecule has 0 bridgehead atoms. The molecule has 4 nitrogen and oxygen atoms in total. The Labute approximate surface area is 97.0 Å². The van der Waals surface area contributed by atoms with E-state index in [1.54, 1.807) is 0 Å². The summed E-state index contributed by atoms with van der Waals surface area (Å²) >= 11 is 0. The Morgan fingerprint density at radius 3 is 3.06 bits per heavy atom. The fourth-order valence-electron chi connectivity index (χ4n) is 1.64. The smallest absolute Gasteiger partial charge is 0.338 e. The van der Waals surface area contributed by atoms with Crippen molar-refractivity contribution in [2.24, 2.45) is 0 Å². The first kappa shape index (κ1) is 11.9. The molecule has 0 radical (unpaired) electrons. The second-order valence-electron chi connectivity index (χ2n) is 3.79. The molecule has 2 heterocycles. The largest absolute Gasteiger partial charge is 0.457 e. The van der Waals surface area contributed by atoms with Gasteiger partial charge in [0, 0.05) is 12.7 Å². The van der Waals surface area contributed by atoms with E-state index in [2.05, 4.69) is 10.3 Å². The molecular formula is C11H12F2N2O2. The summed E-state index contributed by atoms with van der Waals surface area (Å²) in [6.07, 6.45) is -0.926. The van der Waals surface area contributed by atoms with Gasteiger partial charge in [-0.05, 0) is 25.1 Å². The molecule has 1 atom stereocenters. The number of hydrogen-bond donors (Lipinski definition) is 1. The SMILES string of the molecule is O=C(OC1CCNC1)c1ccnc(C(F)F)c1. The van der Waals surface area contributed by atoms with Gasteiger partial charge >= 0.3 is 5.97 Å². The molecule has 0 aliphatic carbocycles. The molecule has 1 aromatic heterocycles. The number of nitrogens with zero attached hydrogens (tertiary/aromatic N) is 1. The number of carbonyl (C=O) groups excluding carboxylic acids is 1. The van der Waals surface area contributed by atoms with E-state index in [4.69, 9.17) is 4.74 Å². The summed E-state index contributed by atoms with van der Waals surface area (Å²) in [6.45, 7) is 1.41. The summed E-state index contributed by atoms with van der Waals surface area (Å²) in [4.78, 5) is 15.1. The van der Waals surface area contributed by atoms with Crippen molar-refractivity contribution in [2.75, 3.05) is 13.1 Å². The monoisotopic (exact) mass is 242 g/mol. The second-order valence-corrected chi connectivity index (χ2v) is 3.79. The Kier molecular flexibility index (Phi) is 3.63. The van der Waals surface area contributed by atoms with Crippen LogP contribution in [-0.2, 0) is 4.74 Å². The first-order valence-corrected chi connectivity index (χ1v) is 5.32. The Morgan fingerprint density at radius 1 is 1.59 bits per heavy atom. The molecule has 1 aromatic rings. The van der Waals surface area contributed by atoms with Crippen molar-refractivity contribution in [3.63, 3.8) is 0 Å². The molecule has 1 aliphatic heterocycles. The average Bonchev–Trinajstić information content (AvgIpc) is 2.82. The maximum Gasteiger partial charge on any atom is 0.338 e. The van der Waals surface area contributed by atoms with Gasteiger partial charge in [-0.3, -0.25) is 4.98 Å². The number of rotatable bonds is 3. The highest BCUT2D eigenvalue weighted by Crippen LogP contribution is 2.17. The van der Waals surface area contributed by atoms with Crippen LogP contribution in [0, 0.1) is 0 Å². The Balaban J connectivity index is 2.05. The minimum Gasteiger partial charge on any atom is -0.457 e. The van der Waals surface area contributed by atoms with Crippen LogP contribution >= 0.6 is 0 Å². The van der Waals surface area contributed by atoms with Crippen LogP contribution in [0.3, 0.4) is 0 Å². The summed E-state index contributed by atoms with van der Waals surface area (Å²) < 4.78 is 29.9. The van der Waals surface area contributed by atoms with E-state index in [-0.39, 0.29) is 11.7 Å². The lowest BCUT2D eigenvalue weighted by molar-refractivity contribution is 0.0344. The van der Waals surface area contributed by atoms with Crippen molar-refractivity contribution in [2.45, 2.75) is 19.0 Å². The van der Waals surface area contributed by atoms with Crippen molar-refractivity contribution in [3.8, 4) is 0 Å². The molecule has 1 fully saturated rings. The van der Waals surface area contributed by atoms with E-state index in [0.29, 0.717) is 6.54 Å². The molecule has 1 N–H and O–H groups in total. The summed E-state index contributed by atoms with van der Waals surface area (Å²) in [7, 11) is 0. The predicted molar refractivity (Wildman–Crippen MR) is 55.9 cm³/mol. The standard InChI is InChI=1S/C11H12F2N2O2/c12-10(13)9-5-7(1-4-15-9)11(16)17-8-2-3-14-6-8/h1,4-5,8,10,14H,2-3,6H2. The zero-order chi connectivity index (χ0) is 12.3. The van der Waals surface area contributed by atoms with Crippen molar-refractivity contribution in [1.29, 1.82) is 0 Å². The lowest BCUT2D eigenvalue weighted by atomic mass is 10.2. The van der Waals surface area contributed by atoms with Crippen molar-refractivity contribution >= 4 is 5.97 Å². The molecule has 0 spiro atoms. The fraction of sp³-hybridized carbons (Fsp3) is 0.455. The summed E-state index contributed by atoms with van der Waals surface area (Å²) in [6, 6.07) is 2.44. The van der Waals surface area contributed by atoms with Gasteiger partial charge in [0.25, 0.3) is 6.43 Å². The molecule has 0 amide bonds. The minimum absolute atomic E-state index is 0.113. The van der Waals surface area contributed by atoms with Crippen LogP contribution in [0.25, 0.3) is 0 Å². The highest BCUT2D eigenvalue weighted by Gasteiger charge is 2.20. The van der Waals surface area contributed by atoms with Gasteiger partial charge in [0.2, 0.25) is 0 Å². The average molecular weight is 242 g/mol. The summed E-state index contributed by atoms with van der Waals surface area (Å²) in [5.74, 6) is -0.581. The van der Waals surface area contributed by atoms with Gasteiger partial charge < -0.3 is 10.1 Å². The first-order valence-electron chi connectivity index (χ1n) is 5.32. The number of nitrogens with one attached hydrogen (secondary N) is 1. The van der Waals surface area contributed by atoms with Gasteiger partial charge in [-0.15, -0.1) is 0 Å². The van der Waals surface area contributed by atoms with Gasteiger partial charge in [-0.2, -0.15) is 0 Å². The van der Waals surface area contributed by atoms with Crippen LogP contribution in [-0.4, -0.2) is 30.1 Å². The number of carbonyl (C=O) groups is 1. The van der Waals surface area contributed by atoms with Crippen molar-refractivity contribution in [3.05, 3.63) is 29.6 Å². The van der Waals surface area contributed by atoms with Crippen LogP contribution in [0.1, 0.15) is 28.9 Å². The number of halogens is 2. The first-order chi connectivity index (χ1) is 8.16. The molecule has 1 unspecified atom stereocenters. The van der Waals surface area contributed by atoms with Gasteiger partial charge in [0.05, 0.1) is 5.56 Å². The quantitative estimate of drug-likeness (QED) is 0.817. The molecule has 1 saturated heterocycles. The number of hydrogen-bond acceptors (Lipinski definition) is 4. The molecule has 17 heavy (non-hydrogen) atoms. The molecule has 6 heteroatoms. The van der Waals surface area contributed by atoms with E-state index < -0.39 is 18.1 Å². The summed E-state index contributed by atoms with van der Waals surface area (Å²) in [5, 5.41) is 3.05.